The molecule has 0 fully saturated rings. The van der Waals surface area contributed by atoms with Gasteiger partial charge < -0.3 is 4.90 Å². The van der Waals surface area contributed by atoms with Gasteiger partial charge >= 0.3 is 0 Å². The molecule has 0 amide bonds. The topological polar surface area (TPSA) is 62.3 Å². The van der Waals surface area contributed by atoms with Gasteiger partial charge in [0.15, 0.2) is 0 Å². The van der Waals surface area contributed by atoms with E-state index in [1.807, 2.05) is 48.3 Å². The van der Waals surface area contributed by atoms with Crippen molar-refractivity contribution in [2.45, 2.75) is 11.8 Å². The van der Waals surface area contributed by atoms with Crippen LogP contribution in [0.15, 0.2) is 77.8 Å². The van der Waals surface area contributed by atoms with E-state index in [-0.39, 0.29) is 10.7 Å². The third-order valence-corrected chi connectivity index (χ3v) is 5.42. The number of rotatable bonds is 5. The van der Waals surface area contributed by atoms with E-state index in [1.54, 1.807) is 43.5 Å². The van der Waals surface area contributed by atoms with Gasteiger partial charge in [-0.2, -0.15) is 0 Å². The summed E-state index contributed by atoms with van der Waals surface area (Å²) in [5, 5.41) is 0. The van der Waals surface area contributed by atoms with E-state index in [1.165, 1.54) is 0 Å². The number of sulfonamides is 1. The van der Waals surface area contributed by atoms with Crippen molar-refractivity contribution in [3.05, 3.63) is 78.5 Å². The highest BCUT2D eigenvalue weighted by atomic mass is 32.2. The lowest BCUT2D eigenvalue weighted by Crippen LogP contribution is -2.15. The monoisotopic (exact) mass is 353 g/mol. The first-order chi connectivity index (χ1) is 12.0. The van der Waals surface area contributed by atoms with Gasteiger partial charge in [0.05, 0.1) is 16.8 Å². The van der Waals surface area contributed by atoms with Crippen LogP contribution in [0.3, 0.4) is 0 Å². The Morgan fingerprint density at radius 1 is 0.880 bits per heavy atom. The summed E-state index contributed by atoms with van der Waals surface area (Å²) in [4.78, 5) is 6.46. The minimum atomic E-state index is -3.66. The molecule has 0 aliphatic carbocycles. The minimum Gasteiger partial charge on any atom is -0.343 e. The molecule has 0 saturated heterocycles. The van der Waals surface area contributed by atoms with Crippen molar-refractivity contribution in [2.24, 2.45) is 0 Å². The van der Waals surface area contributed by atoms with Gasteiger partial charge in [-0.3, -0.25) is 4.72 Å². The molecule has 128 valence electrons. The van der Waals surface area contributed by atoms with Crippen LogP contribution in [-0.2, 0) is 10.0 Å². The first kappa shape index (κ1) is 17.0. The van der Waals surface area contributed by atoms with E-state index in [4.69, 9.17) is 0 Å². The van der Waals surface area contributed by atoms with E-state index >= 15 is 0 Å². The zero-order chi connectivity index (χ0) is 17.9. The summed E-state index contributed by atoms with van der Waals surface area (Å²) in [6, 6.07) is 20.2. The summed E-state index contributed by atoms with van der Waals surface area (Å²) >= 11 is 0. The molecule has 1 aromatic heterocycles. The Bertz CT molecular complexity index is 955. The molecular formula is C19H19N3O2S. The Morgan fingerprint density at radius 2 is 1.56 bits per heavy atom. The molecule has 3 rings (SSSR count). The Labute approximate surface area is 148 Å². The molecule has 0 unspecified atom stereocenters. The fraction of sp³-hybridized carbons (Fsp3) is 0.105. The molecule has 2 aromatic carbocycles. The molecule has 0 saturated carbocycles. The number of hydrogen-bond donors (Lipinski definition) is 1. The third kappa shape index (κ3) is 3.80. The van der Waals surface area contributed by atoms with Crippen LogP contribution >= 0.6 is 0 Å². The molecule has 0 radical (unpaired) electrons. The number of para-hydroxylation sites is 1. The number of aryl methyl sites for hydroxylation is 1. The van der Waals surface area contributed by atoms with Gasteiger partial charge in [-0.1, -0.05) is 36.4 Å². The largest absolute Gasteiger partial charge is 0.343 e. The molecule has 1 heterocycles. The predicted octanol–water partition coefficient (Wildman–Crippen LogP) is 3.96. The number of pyridine rings is 1. The van der Waals surface area contributed by atoms with Crippen LogP contribution in [0.25, 0.3) is 0 Å². The average molecular weight is 353 g/mol. The maximum atomic E-state index is 12.5. The Morgan fingerprint density at radius 3 is 2.20 bits per heavy atom. The van der Waals surface area contributed by atoms with Gasteiger partial charge in [0.2, 0.25) is 0 Å². The summed E-state index contributed by atoms with van der Waals surface area (Å²) in [6.07, 6.45) is 1.64. The van der Waals surface area contributed by atoms with E-state index in [2.05, 4.69) is 9.71 Å². The molecule has 0 spiro atoms. The van der Waals surface area contributed by atoms with Crippen LogP contribution in [0.2, 0.25) is 0 Å². The van der Waals surface area contributed by atoms with E-state index in [0.29, 0.717) is 5.56 Å². The van der Waals surface area contributed by atoms with Gasteiger partial charge in [-0.15, -0.1) is 0 Å². The van der Waals surface area contributed by atoms with Crippen LogP contribution in [-0.4, -0.2) is 20.4 Å². The predicted molar refractivity (Wildman–Crippen MR) is 101 cm³/mol. The molecule has 0 atom stereocenters. The highest BCUT2D eigenvalue weighted by molar-refractivity contribution is 7.92. The molecular weight excluding hydrogens is 334 g/mol. The van der Waals surface area contributed by atoms with Crippen molar-refractivity contribution in [1.29, 1.82) is 0 Å². The average Bonchev–Trinajstić information content (AvgIpc) is 2.62. The molecule has 0 aliphatic rings. The Kier molecular flexibility index (Phi) is 4.72. The van der Waals surface area contributed by atoms with Crippen LogP contribution in [0.4, 0.5) is 17.2 Å². The van der Waals surface area contributed by atoms with E-state index in [0.717, 1.165) is 11.4 Å². The normalized spacial score (nSPS) is 11.1. The van der Waals surface area contributed by atoms with E-state index in [9.17, 15) is 8.42 Å². The van der Waals surface area contributed by atoms with Gasteiger partial charge in [-0.05, 0) is 42.8 Å². The summed E-state index contributed by atoms with van der Waals surface area (Å²) in [6.45, 7) is 1.76. The Balaban J connectivity index is 1.80. The van der Waals surface area contributed by atoms with Crippen LogP contribution in [0.5, 0.6) is 0 Å². The first-order valence-corrected chi connectivity index (χ1v) is 9.29. The van der Waals surface area contributed by atoms with Crippen molar-refractivity contribution in [3.63, 3.8) is 0 Å². The van der Waals surface area contributed by atoms with Crippen LogP contribution in [0.1, 0.15) is 5.56 Å². The molecule has 5 nitrogen and oxygen atoms in total. The molecule has 6 heteroatoms. The number of nitrogens with zero attached hydrogens (tertiary/aromatic N) is 2. The second kappa shape index (κ2) is 6.94. The van der Waals surface area contributed by atoms with Gasteiger partial charge in [0, 0.05) is 12.7 Å². The summed E-state index contributed by atoms with van der Waals surface area (Å²) in [5.74, 6) is 0.286. The second-order valence-corrected chi connectivity index (χ2v) is 7.32. The molecule has 0 bridgehead atoms. The highest BCUT2D eigenvalue weighted by Crippen LogP contribution is 2.24. The molecule has 25 heavy (non-hydrogen) atoms. The number of aromatic nitrogens is 1. The van der Waals surface area contributed by atoms with Crippen LogP contribution < -0.4 is 9.62 Å². The number of nitrogens with one attached hydrogen (secondary N) is 1. The highest BCUT2D eigenvalue weighted by Gasteiger charge is 2.17. The number of hydrogen-bond acceptors (Lipinski definition) is 4. The zero-order valence-electron chi connectivity index (χ0n) is 14.0. The van der Waals surface area contributed by atoms with E-state index < -0.39 is 10.0 Å². The van der Waals surface area contributed by atoms with Gasteiger partial charge in [0.1, 0.15) is 5.82 Å². The third-order valence-electron chi connectivity index (χ3n) is 3.90. The number of anilines is 3. The molecule has 1 N–H and O–H groups in total. The fourth-order valence-electron chi connectivity index (χ4n) is 2.50. The summed E-state index contributed by atoms with van der Waals surface area (Å²) < 4.78 is 27.5. The van der Waals surface area contributed by atoms with Crippen molar-refractivity contribution >= 4 is 27.2 Å². The maximum Gasteiger partial charge on any atom is 0.263 e. The van der Waals surface area contributed by atoms with Crippen LogP contribution in [0, 0.1) is 6.92 Å². The standard InChI is InChI=1S/C19H19N3O2S/c1-15-8-6-7-11-18(15)25(23,24)21-19-13-12-17(14-20-19)22(2)16-9-4-3-5-10-16/h3-14H,1-2H3,(H,20,21). The lowest BCUT2D eigenvalue weighted by Gasteiger charge is -2.19. The minimum absolute atomic E-state index is 0.252. The fourth-order valence-corrected chi connectivity index (χ4v) is 3.75. The SMILES string of the molecule is Cc1ccccc1S(=O)(=O)Nc1ccc(N(C)c2ccccc2)cn1. The molecule has 3 aromatic rings. The van der Waals surface area contributed by atoms with Crippen molar-refractivity contribution < 1.29 is 8.42 Å². The summed E-state index contributed by atoms with van der Waals surface area (Å²) in [5.41, 5.74) is 2.58. The lowest BCUT2D eigenvalue weighted by atomic mass is 10.2. The van der Waals surface area contributed by atoms with Crippen molar-refractivity contribution in [1.82, 2.24) is 4.98 Å². The number of benzene rings is 2. The lowest BCUT2D eigenvalue weighted by molar-refractivity contribution is 0.600. The second-order valence-electron chi connectivity index (χ2n) is 5.67. The first-order valence-electron chi connectivity index (χ1n) is 7.81. The maximum absolute atomic E-state index is 12.5. The zero-order valence-corrected chi connectivity index (χ0v) is 14.9. The molecule has 0 aliphatic heterocycles. The smallest absolute Gasteiger partial charge is 0.263 e. The van der Waals surface area contributed by atoms with Gasteiger partial charge in [-0.25, -0.2) is 13.4 Å². The quantitative estimate of drug-likeness (QED) is 0.754. The Hall–Kier alpha value is -2.86. The summed E-state index contributed by atoms with van der Waals surface area (Å²) in [7, 11) is -1.72. The van der Waals surface area contributed by atoms with Crippen molar-refractivity contribution in [2.75, 3.05) is 16.7 Å². The van der Waals surface area contributed by atoms with Gasteiger partial charge in [0.25, 0.3) is 10.0 Å². The van der Waals surface area contributed by atoms with Crippen molar-refractivity contribution in [3.8, 4) is 0 Å².